The second-order valence-electron chi connectivity index (χ2n) is 3.59. The van der Waals surface area contributed by atoms with Crippen molar-refractivity contribution in [2.45, 2.75) is 18.4 Å². The van der Waals surface area contributed by atoms with Crippen molar-refractivity contribution in [3.8, 4) is 0 Å². The molecule has 0 radical (unpaired) electrons. The van der Waals surface area contributed by atoms with Gasteiger partial charge in [-0.25, -0.2) is 0 Å². The number of rotatable bonds is 3. The third kappa shape index (κ3) is 2.43. The van der Waals surface area contributed by atoms with Crippen LogP contribution in [0.1, 0.15) is 12.8 Å². The average Bonchev–Trinajstić information content (AvgIpc) is 2.18. The second kappa shape index (κ2) is 4.39. The number of nitrogens with one attached hydrogen (secondary N) is 2. The van der Waals surface area contributed by atoms with E-state index < -0.39 is 5.54 Å². The summed E-state index contributed by atoms with van der Waals surface area (Å²) in [7, 11) is 0. The Labute approximate surface area is 84.2 Å². The molecular formula is C10H17N3O. The molecule has 0 bridgehead atoms. The molecule has 14 heavy (non-hydrogen) atoms. The van der Waals surface area contributed by atoms with Crippen LogP contribution in [0, 0.1) is 0 Å². The van der Waals surface area contributed by atoms with Crippen LogP contribution < -0.4 is 16.4 Å². The smallest absolute Gasteiger partial charge is 0.244 e. The van der Waals surface area contributed by atoms with Gasteiger partial charge in [-0.05, 0) is 32.0 Å². The summed E-state index contributed by atoms with van der Waals surface area (Å²) in [5.41, 5.74) is 5.72. The highest BCUT2D eigenvalue weighted by atomic mass is 16.2. The fraction of sp³-hybridized carbons (Fsp3) is 0.500. The lowest BCUT2D eigenvalue weighted by molar-refractivity contribution is -0.126. The Kier molecular flexibility index (Phi) is 3.43. The van der Waals surface area contributed by atoms with E-state index in [1.54, 1.807) is 0 Å². The molecule has 1 rings (SSSR count). The van der Waals surface area contributed by atoms with E-state index in [4.69, 9.17) is 5.73 Å². The number of nitrogens with two attached hydrogens (primary N) is 1. The summed E-state index contributed by atoms with van der Waals surface area (Å²) in [6.07, 6.45) is 2.81. The maximum Gasteiger partial charge on any atom is 0.244 e. The summed E-state index contributed by atoms with van der Waals surface area (Å²) in [6.45, 7) is 8.70. The van der Waals surface area contributed by atoms with Gasteiger partial charge in [0.05, 0.1) is 5.54 Å². The van der Waals surface area contributed by atoms with E-state index >= 15 is 0 Å². The molecule has 4 heteroatoms. The van der Waals surface area contributed by atoms with Crippen molar-refractivity contribution in [3.63, 3.8) is 0 Å². The molecule has 0 atom stereocenters. The van der Waals surface area contributed by atoms with Crippen LogP contribution in [0.4, 0.5) is 0 Å². The third-order valence-electron chi connectivity index (χ3n) is 2.47. The van der Waals surface area contributed by atoms with Crippen LogP contribution in [0.3, 0.4) is 0 Å². The van der Waals surface area contributed by atoms with Gasteiger partial charge in [0.2, 0.25) is 5.91 Å². The van der Waals surface area contributed by atoms with Gasteiger partial charge in [-0.3, -0.25) is 4.79 Å². The molecule has 0 aromatic heterocycles. The maximum absolute atomic E-state index is 11.7. The monoisotopic (exact) mass is 195 g/mol. The maximum atomic E-state index is 11.7. The minimum atomic E-state index is -0.753. The largest absolute Gasteiger partial charge is 0.325 e. The summed E-state index contributed by atoms with van der Waals surface area (Å²) >= 11 is 0. The lowest BCUT2D eigenvalue weighted by Gasteiger charge is -2.32. The minimum absolute atomic E-state index is 0.163. The first-order chi connectivity index (χ1) is 6.58. The molecular weight excluding hydrogens is 178 g/mol. The molecule has 0 aromatic carbocycles. The Bertz CT molecular complexity index is 254. The topological polar surface area (TPSA) is 67.2 Å². The molecule has 78 valence electrons. The molecule has 0 saturated carbocycles. The molecule has 1 amide bonds. The van der Waals surface area contributed by atoms with E-state index in [2.05, 4.69) is 23.8 Å². The van der Waals surface area contributed by atoms with Gasteiger partial charge in [0, 0.05) is 5.70 Å². The minimum Gasteiger partial charge on any atom is -0.325 e. The van der Waals surface area contributed by atoms with Crippen molar-refractivity contribution in [1.29, 1.82) is 0 Å². The number of hydrogen-bond donors (Lipinski definition) is 3. The van der Waals surface area contributed by atoms with Crippen molar-refractivity contribution in [2.24, 2.45) is 5.73 Å². The number of carbonyl (C=O) groups is 1. The normalized spacial score (nSPS) is 19.8. The summed E-state index contributed by atoms with van der Waals surface area (Å²) in [6, 6.07) is 0. The SMILES string of the molecule is C=CC(=C)NC(=O)C1(N)CCNCC1. The molecule has 0 aliphatic carbocycles. The third-order valence-corrected chi connectivity index (χ3v) is 2.47. The van der Waals surface area contributed by atoms with Crippen LogP contribution in [0.5, 0.6) is 0 Å². The van der Waals surface area contributed by atoms with E-state index in [9.17, 15) is 4.79 Å². The first-order valence-corrected chi connectivity index (χ1v) is 4.71. The quantitative estimate of drug-likeness (QED) is 0.550. The van der Waals surface area contributed by atoms with Crippen molar-refractivity contribution in [2.75, 3.05) is 13.1 Å². The molecule has 1 aliphatic rings. The van der Waals surface area contributed by atoms with E-state index in [0.29, 0.717) is 18.5 Å². The van der Waals surface area contributed by atoms with E-state index in [1.807, 2.05) is 0 Å². The molecule has 1 fully saturated rings. The highest BCUT2D eigenvalue weighted by Gasteiger charge is 2.35. The van der Waals surface area contributed by atoms with Crippen LogP contribution in [0.25, 0.3) is 0 Å². The van der Waals surface area contributed by atoms with E-state index in [-0.39, 0.29) is 5.91 Å². The highest BCUT2D eigenvalue weighted by molar-refractivity contribution is 5.87. The molecule has 0 unspecified atom stereocenters. The van der Waals surface area contributed by atoms with Gasteiger partial charge in [-0.1, -0.05) is 13.2 Å². The number of piperidine rings is 1. The molecule has 4 N–H and O–H groups in total. The Morgan fingerprint density at radius 3 is 2.57 bits per heavy atom. The Morgan fingerprint density at radius 1 is 1.50 bits per heavy atom. The Morgan fingerprint density at radius 2 is 2.07 bits per heavy atom. The summed E-state index contributed by atoms with van der Waals surface area (Å²) in [4.78, 5) is 11.7. The van der Waals surface area contributed by atoms with Crippen molar-refractivity contribution in [1.82, 2.24) is 10.6 Å². The zero-order valence-electron chi connectivity index (χ0n) is 8.31. The number of allylic oxidation sites excluding steroid dienone is 1. The van der Waals surface area contributed by atoms with Gasteiger partial charge in [0.1, 0.15) is 0 Å². The average molecular weight is 195 g/mol. The number of amides is 1. The number of carbonyl (C=O) groups excluding carboxylic acids is 1. The molecule has 4 nitrogen and oxygen atoms in total. The summed E-state index contributed by atoms with van der Waals surface area (Å²) in [5, 5.41) is 5.80. The van der Waals surface area contributed by atoms with Crippen LogP contribution in [0.2, 0.25) is 0 Å². The van der Waals surface area contributed by atoms with Gasteiger partial charge in [-0.15, -0.1) is 0 Å². The predicted octanol–water partition coefficient (Wildman–Crippen LogP) is -0.117. The predicted molar refractivity (Wildman–Crippen MR) is 56.5 cm³/mol. The zero-order valence-corrected chi connectivity index (χ0v) is 8.31. The summed E-state index contributed by atoms with van der Waals surface area (Å²) < 4.78 is 0. The Balaban J connectivity index is 2.57. The van der Waals surface area contributed by atoms with E-state index in [0.717, 1.165) is 13.1 Å². The lowest BCUT2D eigenvalue weighted by Crippen LogP contribution is -2.58. The fourth-order valence-corrected chi connectivity index (χ4v) is 1.42. The molecule has 1 aliphatic heterocycles. The Hall–Kier alpha value is -1.13. The number of hydrogen-bond acceptors (Lipinski definition) is 3. The van der Waals surface area contributed by atoms with Gasteiger partial charge < -0.3 is 16.4 Å². The van der Waals surface area contributed by atoms with Gasteiger partial charge in [0.25, 0.3) is 0 Å². The van der Waals surface area contributed by atoms with Gasteiger partial charge in [0.15, 0.2) is 0 Å². The molecule has 1 heterocycles. The second-order valence-corrected chi connectivity index (χ2v) is 3.59. The lowest BCUT2D eigenvalue weighted by atomic mass is 9.88. The molecule has 0 spiro atoms. The molecule has 1 saturated heterocycles. The summed E-state index contributed by atoms with van der Waals surface area (Å²) in [5.74, 6) is -0.163. The first kappa shape index (κ1) is 10.9. The first-order valence-electron chi connectivity index (χ1n) is 4.71. The van der Waals surface area contributed by atoms with Crippen molar-refractivity contribution in [3.05, 3.63) is 24.9 Å². The zero-order chi connectivity index (χ0) is 10.6. The van der Waals surface area contributed by atoms with Crippen LogP contribution in [-0.2, 0) is 4.79 Å². The van der Waals surface area contributed by atoms with Gasteiger partial charge in [-0.2, -0.15) is 0 Å². The standard InChI is InChI=1S/C10H17N3O/c1-3-8(2)13-9(14)10(11)4-6-12-7-5-10/h3,12H,1-2,4-7,11H2,(H,13,14). The fourth-order valence-electron chi connectivity index (χ4n) is 1.42. The van der Waals surface area contributed by atoms with Crippen LogP contribution >= 0.6 is 0 Å². The van der Waals surface area contributed by atoms with Gasteiger partial charge >= 0.3 is 0 Å². The molecule has 0 aromatic rings. The van der Waals surface area contributed by atoms with Crippen molar-refractivity contribution < 1.29 is 4.79 Å². The van der Waals surface area contributed by atoms with Crippen LogP contribution in [0.15, 0.2) is 24.9 Å². The van der Waals surface area contributed by atoms with Crippen LogP contribution in [-0.4, -0.2) is 24.5 Å². The highest BCUT2D eigenvalue weighted by Crippen LogP contribution is 2.15. The van der Waals surface area contributed by atoms with E-state index in [1.165, 1.54) is 6.08 Å². The van der Waals surface area contributed by atoms with Crippen molar-refractivity contribution >= 4 is 5.91 Å².